The maximum absolute atomic E-state index is 13.7. The minimum absolute atomic E-state index is 0.0875. The first kappa shape index (κ1) is 18.4. The first-order chi connectivity index (χ1) is 12.0. The van der Waals surface area contributed by atoms with Crippen molar-refractivity contribution in [3.05, 3.63) is 59.9 Å². The van der Waals surface area contributed by atoms with E-state index in [1.54, 1.807) is 49.6 Å². The number of nitrogens with zero attached hydrogens (tertiary/aromatic N) is 1. The standard InChI is InChI=1S/C19H21FN2O3/c1-14(23)22(12-11-15-5-3-4-6-18(15)20)13-19(24)21-16-7-9-17(25-2)10-8-16/h3-10H,11-13H2,1-2H3,(H,21,24). The van der Waals surface area contributed by atoms with Gasteiger partial charge in [0.1, 0.15) is 11.6 Å². The lowest BCUT2D eigenvalue weighted by Crippen LogP contribution is -2.38. The van der Waals surface area contributed by atoms with Crippen molar-refractivity contribution in [3.63, 3.8) is 0 Å². The highest BCUT2D eigenvalue weighted by Gasteiger charge is 2.14. The van der Waals surface area contributed by atoms with E-state index in [-0.39, 0.29) is 30.7 Å². The number of hydrogen-bond acceptors (Lipinski definition) is 3. The fourth-order valence-corrected chi connectivity index (χ4v) is 2.35. The van der Waals surface area contributed by atoms with Gasteiger partial charge in [0.15, 0.2) is 0 Å². The molecule has 0 aliphatic carbocycles. The van der Waals surface area contributed by atoms with Gasteiger partial charge in [-0.2, -0.15) is 0 Å². The van der Waals surface area contributed by atoms with Crippen LogP contribution in [0.5, 0.6) is 5.75 Å². The Bertz CT molecular complexity index is 732. The summed E-state index contributed by atoms with van der Waals surface area (Å²) in [4.78, 5) is 25.3. The van der Waals surface area contributed by atoms with Gasteiger partial charge in [-0.3, -0.25) is 9.59 Å². The number of halogens is 1. The van der Waals surface area contributed by atoms with E-state index in [9.17, 15) is 14.0 Å². The number of methoxy groups -OCH3 is 1. The molecule has 0 atom stereocenters. The molecule has 0 heterocycles. The quantitative estimate of drug-likeness (QED) is 0.840. The van der Waals surface area contributed by atoms with E-state index in [1.807, 2.05) is 0 Å². The van der Waals surface area contributed by atoms with Crippen molar-refractivity contribution < 1.29 is 18.7 Å². The van der Waals surface area contributed by atoms with E-state index in [1.165, 1.54) is 17.9 Å². The van der Waals surface area contributed by atoms with E-state index in [0.29, 0.717) is 23.4 Å². The Morgan fingerprint density at radius 1 is 1.12 bits per heavy atom. The van der Waals surface area contributed by atoms with Crippen molar-refractivity contribution in [2.24, 2.45) is 0 Å². The van der Waals surface area contributed by atoms with E-state index >= 15 is 0 Å². The maximum Gasteiger partial charge on any atom is 0.243 e. The molecule has 0 aromatic heterocycles. The molecule has 0 aliphatic heterocycles. The number of anilines is 1. The monoisotopic (exact) mass is 344 g/mol. The SMILES string of the molecule is COc1ccc(NC(=O)CN(CCc2ccccc2F)C(C)=O)cc1. The first-order valence-corrected chi connectivity index (χ1v) is 7.92. The van der Waals surface area contributed by atoms with E-state index in [2.05, 4.69) is 5.32 Å². The highest BCUT2D eigenvalue weighted by molar-refractivity contribution is 5.94. The molecular weight excluding hydrogens is 323 g/mol. The molecule has 0 fully saturated rings. The first-order valence-electron chi connectivity index (χ1n) is 7.92. The second kappa shape index (κ2) is 8.82. The minimum Gasteiger partial charge on any atom is -0.497 e. The number of carbonyl (C=O) groups excluding carboxylic acids is 2. The largest absolute Gasteiger partial charge is 0.497 e. The third-order valence-electron chi connectivity index (χ3n) is 3.76. The molecule has 2 aromatic rings. The Morgan fingerprint density at radius 3 is 2.40 bits per heavy atom. The zero-order chi connectivity index (χ0) is 18.2. The van der Waals surface area contributed by atoms with Crippen molar-refractivity contribution in [1.29, 1.82) is 0 Å². The smallest absolute Gasteiger partial charge is 0.243 e. The molecule has 1 N–H and O–H groups in total. The Hall–Kier alpha value is -2.89. The van der Waals surface area contributed by atoms with E-state index in [0.717, 1.165) is 0 Å². The van der Waals surface area contributed by atoms with Crippen LogP contribution in [0.2, 0.25) is 0 Å². The van der Waals surface area contributed by atoms with Gasteiger partial charge in [-0.25, -0.2) is 4.39 Å². The second-order valence-corrected chi connectivity index (χ2v) is 5.56. The molecule has 132 valence electrons. The van der Waals surface area contributed by atoms with Crippen LogP contribution >= 0.6 is 0 Å². The maximum atomic E-state index is 13.7. The Balaban J connectivity index is 1.92. The molecule has 2 aromatic carbocycles. The van der Waals surface area contributed by atoms with Gasteiger partial charge >= 0.3 is 0 Å². The molecule has 0 saturated carbocycles. The van der Waals surface area contributed by atoms with Crippen molar-refractivity contribution in [1.82, 2.24) is 4.90 Å². The van der Waals surface area contributed by atoms with Gasteiger partial charge in [0.2, 0.25) is 11.8 Å². The topological polar surface area (TPSA) is 58.6 Å². The summed E-state index contributed by atoms with van der Waals surface area (Å²) in [5.41, 5.74) is 1.13. The van der Waals surface area contributed by atoms with Gasteiger partial charge in [0.05, 0.1) is 13.7 Å². The molecule has 0 unspecified atom stereocenters. The van der Waals surface area contributed by atoms with Crippen LogP contribution in [0.3, 0.4) is 0 Å². The summed E-state index contributed by atoms with van der Waals surface area (Å²) in [6.45, 7) is 1.57. The zero-order valence-electron chi connectivity index (χ0n) is 14.3. The molecule has 0 bridgehead atoms. The average molecular weight is 344 g/mol. The zero-order valence-corrected chi connectivity index (χ0v) is 14.3. The Morgan fingerprint density at radius 2 is 1.80 bits per heavy atom. The summed E-state index contributed by atoms with van der Waals surface area (Å²) >= 11 is 0. The Kier molecular flexibility index (Phi) is 6.51. The number of carbonyl (C=O) groups is 2. The summed E-state index contributed by atoms with van der Waals surface area (Å²) in [5, 5.41) is 2.73. The van der Waals surface area contributed by atoms with Crippen molar-refractivity contribution in [2.75, 3.05) is 25.5 Å². The van der Waals surface area contributed by atoms with Crippen LogP contribution in [0.15, 0.2) is 48.5 Å². The van der Waals surface area contributed by atoms with Crippen molar-refractivity contribution in [3.8, 4) is 5.75 Å². The third kappa shape index (κ3) is 5.60. The lowest BCUT2D eigenvalue weighted by Gasteiger charge is -2.20. The third-order valence-corrected chi connectivity index (χ3v) is 3.76. The van der Waals surface area contributed by atoms with Crippen LogP contribution in [0.1, 0.15) is 12.5 Å². The van der Waals surface area contributed by atoms with Gasteiger partial charge < -0.3 is 15.0 Å². The summed E-state index contributed by atoms with van der Waals surface area (Å²) < 4.78 is 18.7. The van der Waals surface area contributed by atoms with E-state index < -0.39 is 0 Å². The number of rotatable bonds is 7. The van der Waals surface area contributed by atoms with Gasteiger partial charge in [0.25, 0.3) is 0 Å². The van der Waals surface area contributed by atoms with Gasteiger partial charge in [-0.05, 0) is 42.3 Å². The summed E-state index contributed by atoms with van der Waals surface area (Å²) in [6, 6.07) is 13.3. The normalized spacial score (nSPS) is 10.2. The number of benzene rings is 2. The van der Waals surface area contributed by atoms with Crippen LogP contribution in [-0.4, -0.2) is 36.9 Å². The van der Waals surface area contributed by atoms with Gasteiger partial charge in [-0.1, -0.05) is 18.2 Å². The van der Waals surface area contributed by atoms with Crippen LogP contribution in [0.4, 0.5) is 10.1 Å². The number of ether oxygens (including phenoxy) is 1. The van der Waals surface area contributed by atoms with Gasteiger partial charge in [-0.15, -0.1) is 0 Å². The average Bonchev–Trinajstić information content (AvgIpc) is 2.60. The summed E-state index contributed by atoms with van der Waals surface area (Å²) in [7, 11) is 1.56. The predicted molar refractivity (Wildman–Crippen MR) is 94.0 cm³/mol. The molecular formula is C19H21FN2O3. The molecule has 25 heavy (non-hydrogen) atoms. The predicted octanol–water partition coefficient (Wildman–Crippen LogP) is 2.86. The highest BCUT2D eigenvalue weighted by atomic mass is 19.1. The lowest BCUT2D eigenvalue weighted by molar-refractivity contribution is -0.132. The molecule has 2 rings (SSSR count). The van der Waals surface area contributed by atoms with Crippen LogP contribution in [0.25, 0.3) is 0 Å². The highest BCUT2D eigenvalue weighted by Crippen LogP contribution is 2.15. The fourth-order valence-electron chi connectivity index (χ4n) is 2.35. The minimum atomic E-state index is -0.311. The lowest BCUT2D eigenvalue weighted by atomic mass is 10.1. The molecule has 0 radical (unpaired) electrons. The summed E-state index contributed by atoms with van der Waals surface area (Å²) in [5.74, 6) is -0.169. The second-order valence-electron chi connectivity index (χ2n) is 5.56. The summed E-state index contributed by atoms with van der Waals surface area (Å²) in [6.07, 6.45) is 0.349. The van der Waals surface area contributed by atoms with Gasteiger partial charge in [0, 0.05) is 19.2 Å². The molecule has 5 nitrogen and oxygen atoms in total. The molecule has 6 heteroatoms. The van der Waals surface area contributed by atoms with E-state index in [4.69, 9.17) is 4.74 Å². The van der Waals surface area contributed by atoms with Crippen LogP contribution in [0, 0.1) is 5.82 Å². The number of nitrogens with one attached hydrogen (secondary N) is 1. The van der Waals surface area contributed by atoms with Crippen molar-refractivity contribution >= 4 is 17.5 Å². The number of amides is 2. The van der Waals surface area contributed by atoms with Crippen LogP contribution in [-0.2, 0) is 16.0 Å². The van der Waals surface area contributed by atoms with Crippen LogP contribution < -0.4 is 10.1 Å². The number of hydrogen-bond donors (Lipinski definition) is 1. The fraction of sp³-hybridized carbons (Fsp3) is 0.263. The molecule has 2 amide bonds. The molecule has 0 saturated heterocycles. The molecule has 0 aliphatic rings. The van der Waals surface area contributed by atoms with Crippen molar-refractivity contribution in [2.45, 2.75) is 13.3 Å². The molecule has 0 spiro atoms. The Labute approximate surface area is 146 Å².